The summed E-state index contributed by atoms with van der Waals surface area (Å²) in [6.45, 7) is 2.67. The second-order valence-corrected chi connectivity index (χ2v) is 11.7. The van der Waals surface area contributed by atoms with Crippen molar-refractivity contribution in [3.63, 3.8) is 0 Å². The molecule has 0 aliphatic heterocycles. The van der Waals surface area contributed by atoms with Crippen molar-refractivity contribution in [3.05, 3.63) is 89.7 Å². The van der Waals surface area contributed by atoms with Crippen LogP contribution in [0.5, 0.6) is 11.5 Å². The molecule has 0 radical (unpaired) electrons. The lowest BCUT2D eigenvalue weighted by atomic mass is 10.0. The Kier molecular flexibility index (Phi) is 10.7. The summed E-state index contributed by atoms with van der Waals surface area (Å²) in [7, 11) is -1.18. The van der Waals surface area contributed by atoms with Crippen molar-refractivity contribution >= 4 is 27.5 Å². The Morgan fingerprint density at radius 2 is 1.61 bits per heavy atom. The molecule has 11 heteroatoms. The van der Waals surface area contributed by atoms with Crippen LogP contribution in [0.25, 0.3) is 0 Å². The van der Waals surface area contributed by atoms with Gasteiger partial charge in [-0.3, -0.25) is 13.9 Å². The van der Waals surface area contributed by atoms with Gasteiger partial charge in [-0.2, -0.15) is 0 Å². The molecule has 220 valence electrons. The lowest BCUT2D eigenvalue weighted by molar-refractivity contribution is -0.140. The van der Waals surface area contributed by atoms with E-state index in [0.717, 1.165) is 16.1 Å². The van der Waals surface area contributed by atoms with Crippen LogP contribution >= 0.6 is 0 Å². The standard InChI is InChI=1S/C30H36FN3O6S/c1-21(2)32-30(36)27(17-22-11-7-6-8-12-22)33(19-23-13-9-10-14-25(23)31)29(35)20-34(41(5,37)38)26-16-15-24(39-3)18-28(26)40-4/h6-16,18,21,27H,17,19-20H2,1-5H3,(H,32,36)/t27-/m1/s1. The van der Waals surface area contributed by atoms with Gasteiger partial charge in [0.25, 0.3) is 0 Å². The summed E-state index contributed by atoms with van der Waals surface area (Å²) >= 11 is 0. The Bertz CT molecular complexity index is 1450. The van der Waals surface area contributed by atoms with Crippen molar-refractivity contribution in [3.8, 4) is 11.5 Å². The van der Waals surface area contributed by atoms with E-state index in [0.29, 0.717) is 5.75 Å². The molecule has 0 unspecified atom stereocenters. The molecule has 0 saturated heterocycles. The molecule has 0 fully saturated rings. The molecule has 0 spiro atoms. The average Bonchev–Trinajstić information content (AvgIpc) is 2.93. The van der Waals surface area contributed by atoms with Crippen LogP contribution in [0, 0.1) is 5.82 Å². The van der Waals surface area contributed by atoms with E-state index in [1.54, 1.807) is 26.0 Å². The normalized spacial score (nSPS) is 12.0. The van der Waals surface area contributed by atoms with Gasteiger partial charge in [-0.15, -0.1) is 0 Å². The first-order chi connectivity index (χ1) is 19.4. The summed E-state index contributed by atoms with van der Waals surface area (Å²) in [5.41, 5.74) is 1.07. The fraction of sp³-hybridized carbons (Fsp3) is 0.333. The summed E-state index contributed by atoms with van der Waals surface area (Å²) in [6.07, 6.45) is 1.10. The third-order valence-electron chi connectivity index (χ3n) is 6.34. The van der Waals surface area contributed by atoms with Gasteiger partial charge in [0.15, 0.2) is 0 Å². The van der Waals surface area contributed by atoms with Gasteiger partial charge in [0, 0.05) is 30.6 Å². The molecule has 41 heavy (non-hydrogen) atoms. The van der Waals surface area contributed by atoms with E-state index in [4.69, 9.17) is 9.47 Å². The largest absolute Gasteiger partial charge is 0.497 e. The first-order valence-electron chi connectivity index (χ1n) is 13.0. The van der Waals surface area contributed by atoms with Crippen molar-refractivity contribution in [2.45, 2.75) is 38.9 Å². The fourth-order valence-corrected chi connectivity index (χ4v) is 5.18. The van der Waals surface area contributed by atoms with Gasteiger partial charge in [0.2, 0.25) is 21.8 Å². The molecule has 0 bridgehead atoms. The Morgan fingerprint density at radius 1 is 0.951 bits per heavy atom. The van der Waals surface area contributed by atoms with E-state index >= 15 is 0 Å². The molecule has 2 amide bonds. The summed E-state index contributed by atoms with van der Waals surface area (Å²) in [4.78, 5) is 28.9. The third-order valence-corrected chi connectivity index (χ3v) is 7.46. The van der Waals surface area contributed by atoms with Gasteiger partial charge in [-0.1, -0.05) is 48.5 Å². The first kappa shape index (κ1) is 31.4. The maximum absolute atomic E-state index is 14.8. The Hall–Kier alpha value is -4.12. The highest BCUT2D eigenvalue weighted by Gasteiger charge is 2.34. The lowest BCUT2D eigenvalue weighted by Gasteiger charge is -2.34. The first-order valence-corrected chi connectivity index (χ1v) is 14.9. The van der Waals surface area contributed by atoms with E-state index < -0.39 is 40.2 Å². The van der Waals surface area contributed by atoms with Crippen molar-refractivity contribution in [1.82, 2.24) is 10.2 Å². The second kappa shape index (κ2) is 14.0. The van der Waals surface area contributed by atoms with E-state index in [1.807, 2.05) is 30.3 Å². The van der Waals surface area contributed by atoms with Crippen LogP contribution in [-0.2, 0) is 32.6 Å². The Morgan fingerprint density at radius 3 is 2.20 bits per heavy atom. The number of rotatable bonds is 13. The summed E-state index contributed by atoms with van der Waals surface area (Å²) < 4.78 is 52.3. The maximum atomic E-state index is 14.8. The highest BCUT2D eigenvalue weighted by molar-refractivity contribution is 7.92. The SMILES string of the molecule is COc1ccc(N(CC(=O)N(Cc2ccccc2F)[C@H](Cc2ccccc2)C(=O)NC(C)C)S(C)(=O)=O)c(OC)c1. The van der Waals surface area contributed by atoms with Crippen LogP contribution in [0.1, 0.15) is 25.0 Å². The van der Waals surface area contributed by atoms with Crippen LogP contribution in [-0.4, -0.2) is 64.2 Å². The highest BCUT2D eigenvalue weighted by atomic mass is 32.2. The second-order valence-electron chi connectivity index (χ2n) is 9.79. The number of anilines is 1. The van der Waals surface area contributed by atoms with Crippen molar-refractivity contribution in [1.29, 1.82) is 0 Å². The predicted molar refractivity (Wildman–Crippen MR) is 156 cm³/mol. The minimum atomic E-state index is -4.01. The van der Waals surface area contributed by atoms with E-state index in [1.165, 1.54) is 49.5 Å². The van der Waals surface area contributed by atoms with Crippen LogP contribution in [0.2, 0.25) is 0 Å². The Balaban J connectivity index is 2.10. The van der Waals surface area contributed by atoms with Gasteiger partial charge in [0.05, 0.1) is 26.2 Å². The van der Waals surface area contributed by atoms with E-state index in [9.17, 15) is 22.4 Å². The van der Waals surface area contributed by atoms with Crippen LogP contribution in [0.3, 0.4) is 0 Å². The number of methoxy groups -OCH3 is 2. The molecule has 0 heterocycles. The molecule has 0 aromatic heterocycles. The minimum Gasteiger partial charge on any atom is -0.497 e. The molecule has 9 nitrogen and oxygen atoms in total. The number of amides is 2. The molecule has 1 N–H and O–H groups in total. The van der Waals surface area contributed by atoms with Gasteiger partial charge in [-0.25, -0.2) is 12.8 Å². The van der Waals surface area contributed by atoms with Gasteiger partial charge in [0.1, 0.15) is 29.9 Å². The smallest absolute Gasteiger partial charge is 0.244 e. The number of benzene rings is 3. The molecular weight excluding hydrogens is 549 g/mol. The molecule has 3 aromatic rings. The quantitative estimate of drug-likeness (QED) is 0.328. The average molecular weight is 586 g/mol. The van der Waals surface area contributed by atoms with Crippen LogP contribution in [0.15, 0.2) is 72.8 Å². The van der Waals surface area contributed by atoms with Crippen molar-refractivity contribution < 1.29 is 31.9 Å². The molecule has 1 atom stereocenters. The number of carbonyl (C=O) groups excluding carboxylic acids is 2. The number of ether oxygens (including phenoxy) is 2. The zero-order valence-electron chi connectivity index (χ0n) is 23.8. The molecular formula is C30H36FN3O6S. The highest BCUT2D eigenvalue weighted by Crippen LogP contribution is 2.34. The number of hydrogen-bond donors (Lipinski definition) is 1. The summed E-state index contributed by atoms with van der Waals surface area (Å²) in [5, 5.41) is 2.85. The summed E-state index contributed by atoms with van der Waals surface area (Å²) in [5.74, 6) is -1.09. The van der Waals surface area contributed by atoms with Crippen LogP contribution in [0.4, 0.5) is 10.1 Å². The van der Waals surface area contributed by atoms with Gasteiger partial charge in [-0.05, 0) is 37.6 Å². The number of nitrogens with zero attached hydrogens (tertiary/aromatic N) is 2. The lowest BCUT2D eigenvalue weighted by Crippen LogP contribution is -2.54. The zero-order valence-corrected chi connectivity index (χ0v) is 24.7. The predicted octanol–water partition coefficient (Wildman–Crippen LogP) is 3.77. The van der Waals surface area contributed by atoms with Crippen LogP contribution < -0.4 is 19.1 Å². The monoisotopic (exact) mass is 585 g/mol. The van der Waals surface area contributed by atoms with Gasteiger partial charge >= 0.3 is 0 Å². The molecule has 0 saturated carbocycles. The van der Waals surface area contributed by atoms with E-state index in [2.05, 4.69) is 5.32 Å². The van der Waals surface area contributed by atoms with Crippen molar-refractivity contribution in [2.24, 2.45) is 0 Å². The maximum Gasteiger partial charge on any atom is 0.244 e. The molecule has 3 rings (SSSR count). The molecule has 0 aliphatic rings. The van der Waals surface area contributed by atoms with E-state index in [-0.39, 0.29) is 36.0 Å². The van der Waals surface area contributed by atoms with Gasteiger partial charge < -0.3 is 19.7 Å². The topological polar surface area (TPSA) is 105 Å². The number of carbonyl (C=O) groups is 2. The number of sulfonamides is 1. The third kappa shape index (κ3) is 8.43. The number of halogens is 1. The molecule has 0 aliphatic carbocycles. The summed E-state index contributed by atoms with van der Waals surface area (Å²) in [6, 6.07) is 18.3. The van der Waals surface area contributed by atoms with Crippen molar-refractivity contribution in [2.75, 3.05) is 31.3 Å². The minimum absolute atomic E-state index is 0.112. The Labute approximate surface area is 240 Å². The number of nitrogens with one attached hydrogen (secondary N) is 1. The molecule has 3 aromatic carbocycles. The number of hydrogen-bond acceptors (Lipinski definition) is 6. The zero-order chi connectivity index (χ0) is 30.2. The fourth-order valence-electron chi connectivity index (χ4n) is 4.33.